The monoisotopic (exact) mass is 414 g/mol. The summed E-state index contributed by atoms with van der Waals surface area (Å²) in [6.07, 6.45) is 1.46. The zero-order chi connectivity index (χ0) is 21.1. The molecule has 0 unspecified atom stereocenters. The lowest BCUT2D eigenvalue weighted by molar-refractivity contribution is 0.0473. The molecule has 0 atom stereocenters. The van der Waals surface area contributed by atoms with Gasteiger partial charge in [-0.1, -0.05) is 11.6 Å². The quantitative estimate of drug-likeness (QED) is 0.670. The van der Waals surface area contributed by atoms with Crippen LogP contribution in [0, 0.1) is 0 Å². The number of carbonyl (C=O) groups is 2. The van der Waals surface area contributed by atoms with Gasteiger partial charge in [0.25, 0.3) is 5.91 Å². The molecule has 29 heavy (non-hydrogen) atoms. The fourth-order valence-corrected chi connectivity index (χ4v) is 4.67. The highest BCUT2D eigenvalue weighted by Crippen LogP contribution is 2.29. The number of piperazine rings is 1. The van der Waals surface area contributed by atoms with Gasteiger partial charge in [-0.2, -0.15) is 0 Å². The van der Waals surface area contributed by atoms with Gasteiger partial charge in [-0.15, -0.1) is 0 Å². The summed E-state index contributed by atoms with van der Waals surface area (Å²) in [5.41, 5.74) is 0.895. The Kier molecular flexibility index (Phi) is 4.36. The Morgan fingerprint density at radius 2 is 1.76 bits per heavy atom. The topological polar surface area (TPSA) is 86.9 Å². The van der Waals surface area contributed by atoms with E-state index in [1.165, 1.54) is 6.33 Å². The number of hydrogen-bond acceptors (Lipinski definition) is 4. The van der Waals surface area contributed by atoms with Crippen molar-refractivity contribution in [3.05, 3.63) is 46.9 Å². The van der Waals surface area contributed by atoms with E-state index in [4.69, 9.17) is 11.6 Å². The summed E-state index contributed by atoms with van der Waals surface area (Å²) in [6, 6.07) is 6.84. The minimum atomic E-state index is -1.14. The Morgan fingerprint density at radius 3 is 2.38 bits per heavy atom. The number of halogens is 1. The molecular weight excluding hydrogens is 392 g/mol. The minimum Gasteiger partial charge on any atom is -0.476 e. The normalized spacial score (nSPS) is 18.3. The number of carboxylic acids is 1. The van der Waals surface area contributed by atoms with Crippen LogP contribution in [0.1, 0.15) is 48.5 Å². The Hall–Kier alpha value is -2.64. The van der Waals surface area contributed by atoms with Crippen LogP contribution in [-0.4, -0.2) is 55.4 Å². The second-order valence-corrected chi connectivity index (χ2v) is 9.36. The lowest BCUT2D eigenvalue weighted by Gasteiger charge is -2.48. The predicted molar refractivity (Wildman–Crippen MR) is 112 cm³/mol. The number of pyridine rings is 1. The molecule has 0 aliphatic carbocycles. The fourth-order valence-electron chi connectivity index (χ4n) is 4.50. The summed E-state index contributed by atoms with van der Waals surface area (Å²) in [5.74, 6) is -1.29. The first-order valence-corrected chi connectivity index (χ1v) is 9.76. The van der Waals surface area contributed by atoms with Gasteiger partial charge >= 0.3 is 5.97 Å². The van der Waals surface area contributed by atoms with Crippen LogP contribution >= 0.6 is 11.6 Å². The van der Waals surface area contributed by atoms with E-state index in [1.54, 1.807) is 28.7 Å². The average molecular weight is 415 g/mol. The second kappa shape index (κ2) is 6.43. The highest BCUT2D eigenvalue weighted by molar-refractivity contribution is 6.31. The van der Waals surface area contributed by atoms with Gasteiger partial charge in [-0.25, -0.2) is 9.78 Å². The summed E-state index contributed by atoms with van der Waals surface area (Å²) < 4.78 is 1.68. The van der Waals surface area contributed by atoms with Crippen LogP contribution in [0.5, 0.6) is 0 Å². The Bertz CT molecular complexity index is 1150. The molecule has 152 valence electrons. The van der Waals surface area contributed by atoms with Crippen LogP contribution in [0.25, 0.3) is 16.4 Å². The maximum atomic E-state index is 13.6. The van der Waals surface area contributed by atoms with Gasteiger partial charge in [0.15, 0.2) is 5.69 Å². The Morgan fingerprint density at radius 1 is 1.10 bits per heavy atom. The van der Waals surface area contributed by atoms with E-state index < -0.39 is 5.97 Å². The summed E-state index contributed by atoms with van der Waals surface area (Å²) in [5, 5.41) is 14.2. The van der Waals surface area contributed by atoms with Crippen LogP contribution in [0.2, 0.25) is 5.02 Å². The van der Waals surface area contributed by atoms with Crippen molar-refractivity contribution in [3.63, 3.8) is 0 Å². The van der Waals surface area contributed by atoms with E-state index in [9.17, 15) is 14.7 Å². The van der Waals surface area contributed by atoms with Gasteiger partial charge in [0.05, 0.1) is 16.6 Å². The van der Waals surface area contributed by atoms with Crippen LogP contribution in [0.15, 0.2) is 30.6 Å². The highest BCUT2D eigenvalue weighted by atomic mass is 35.5. The minimum absolute atomic E-state index is 0.0862. The molecule has 1 saturated heterocycles. The van der Waals surface area contributed by atoms with Crippen molar-refractivity contribution in [2.24, 2.45) is 0 Å². The molecule has 1 aromatic carbocycles. The number of aromatic nitrogens is 2. The summed E-state index contributed by atoms with van der Waals surface area (Å²) in [4.78, 5) is 31.1. The number of aromatic carboxylic acids is 1. The largest absolute Gasteiger partial charge is 0.476 e. The molecule has 3 heterocycles. The molecule has 4 rings (SSSR count). The number of fused-ring (bicyclic) bond motifs is 3. The standard InChI is InChI=1S/C21H23ClN4O3/c1-20(2)9-25(10-21(3,4)24-20)18(27)14-8-16-17(19(28)29)23-11-26(16)15-6-5-12(22)7-13(14)15/h5-8,11,24H,9-10H2,1-4H3,(H,28,29). The zero-order valence-electron chi connectivity index (χ0n) is 16.8. The number of rotatable bonds is 2. The smallest absolute Gasteiger partial charge is 0.356 e. The van der Waals surface area contributed by atoms with Crippen molar-refractivity contribution < 1.29 is 14.7 Å². The van der Waals surface area contributed by atoms with Crippen LogP contribution in [-0.2, 0) is 0 Å². The molecule has 3 aromatic rings. The SMILES string of the molecule is CC1(C)CN(C(=O)c2cc3c(C(=O)O)ncn3c3ccc(Cl)cc23)CC(C)(C)N1. The predicted octanol–water partition coefficient (Wildman–Crippen LogP) is 3.44. The molecule has 8 heteroatoms. The number of carbonyl (C=O) groups excluding carboxylic acids is 1. The molecule has 0 bridgehead atoms. The van der Waals surface area contributed by atoms with Crippen molar-refractivity contribution >= 4 is 39.9 Å². The van der Waals surface area contributed by atoms with E-state index in [0.717, 1.165) is 0 Å². The van der Waals surface area contributed by atoms with E-state index in [-0.39, 0.29) is 22.7 Å². The number of benzene rings is 1. The van der Waals surface area contributed by atoms with E-state index in [1.807, 2.05) is 4.90 Å². The number of hydrogen-bond donors (Lipinski definition) is 2. The van der Waals surface area contributed by atoms with Gasteiger partial charge in [0, 0.05) is 34.6 Å². The van der Waals surface area contributed by atoms with Gasteiger partial charge < -0.3 is 15.3 Å². The molecule has 0 spiro atoms. The average Bonchev–Trinajstić information content (AvgIpc) is 3.01. The van der Waals surface area contributed by atoms with E-state index in [0.29, 0.717) is 40.1 Å². The fraction of sp³-hybridized carbons (Fsp3) is 0.381. The Balaban J connectivity index is 1.93. The van der Waals surface area contributed by atoms with Gasteiger partial charge in [0.2, 0.25) is 0 Å². The van der Waals surface area contributed by atoms with Crippen molar-refractivity contribution in [2.75, 3.05) is 13.1 Å². The first kappa shape index (κ1) is 19.7. The third-order valence-electron chi connectivity index (χ3n) is 5.16. The lowest BCUT2D eigenvalue weighted by atomic mass is 9.90. The summed E-state index contributed by atoms with van der Waals surface area (Å²) in [6.45, 7) is 9.32. The number of amides is 1. The number of imidazole rings is 1. The highest BCUT2D eigenvalue weighted by Gasteiger charge is 2.39. The number of nitrogens with zero attached hydrogens (tertiary/aromatic N) is 3. The maximum absolute atomic E-state index is 13.6. The molecule has 0 radical (unpaired) electrons. The lowest BCUT2D eigenvalue weighted by Crippen LogP contribution is -2.67. The molecule has 1 fully saturated rings. The van der Waals surface area contributed by atoms with Crippen LogP contribution in [0.4, 0.5) is 0 Å². The van der Waals surface area contributed by atoms with Crippen LogP contribution in [0.3, 0.4) is 0 Å². The van der Waals surface area contributed by atoms with Crippen molar-refractivity contribution in [1.29, 1.82) is 0 Å². The third kappa shape index (κ3) is 3.45. The van der Waals surface area contributed by atoms with Gasteiger partial charge in [-0.3, -0.25) is 9.20 Å². The Labute approximate surface area is 173 Å². The number of carboxylic acid groups (broad SMARTS) is 1. The molecule has 2 aromatic heterocycles. The first-order valence-electron chi connectivity index (χ1n) is 9.39. The number of nitrogens with one attached hydrogen (secondary N) is 1. The van der Waals surface area contributed by atoms with Crippen molar-refractivity contribution in [2.45, 2.75) is 38.8 Å². The molecule has 1 amide bonds. The molecule has 1 aliphatic heterocycles. The van der Waals surface area contributed by atoms with Crippen molar-refractivity contribution in [3.8, 4) is 0 Å². The second-order valence-electron chi connectivity index (χ2n) is 8.93. The van der Waals surface area contributed by atoms with Crippen molar-refractivity contribution in [1.82, 2.24) is 19.6 Å². The van der Waals surface area contributed by atoms with Gasteiger partial charge in [-0.05, 0) is 52.0 Å². The molecule has 1 aliphatic rings. The first-order chi connectivity index (χ1) is 13.5. The van der Waals surface area contributed by atoms with Crippen LogP contribution < -0.4 is 5.32 Å². The molecule has 0 saturated carbocycles. The molecular formula is C21H23ClN4O3. The molecule has 7 nitrogen and oxygen atoms in total. The zero-order valence-corrected chi connectivity index (χ0v) is 17.5. The van der Waals surface area contributed by atoms with Gasteiger partial charge in [0.1, 0.15) is 6.33 Å². The third-order valence-corrected chi connectivity index (χ3v) is 5.40. The summed E-state index contributed by atoms with van der Waals surface area (Å²) in [7, 11) is 0. The molecule has 2 N–H and O–H groups in total. The maximum Gasteiger partial charge on any atom is 0.356 e. The van der Waals surface area contributed by atoms with E-state index in [2.05, 4.69) is 38.0 Å². The summed E-state index contributed by atoms with van der Waals surface area (Å²) >= 11 is 6.22. The van der Waals surface area contributed by atoms with E-state index >= 15 is 0 Å².